The van der Waals surface area contributed by atoms with E-state index < -0.39 is 36.0 Å². The number of carbonyl (C=O) groups excluding carboxylic acids is 1. The Morgan fingerprint density at radius 2 is 1.21 bits per heavy atom. The quantitative estimate of drug-likeness (QED) is 0.162. The van der Waals surface area contributed by atoms with Crippen molar-refractivity contribution < 1.29 is 88.4 Å². The van der Waals surface area contributed by atoms with E-state index in [4.69, 9.17) is 15.4 Å². The maximum absolute atomic E-state index is 13.2. The van der Waals surface area contributed by atoms with Gasteiger partial charge in [0.05, 0.1) is 13.2 Å². The predicted octanol–water partition coefficient (Wildman–Crippen LogP) is 0.291. The first-order chi connectivity index (χ1) is 22.6. The van der Waals surface area contributed by atoms with E-state index in [-0.39, 0.29) is 52.4 Å². The fourth-order valence-electron chi connectivity index (χ4n) is 5.38. The zero-order chi connectivity index (χ0) is 34.6. The molecular weight excluding hydrogens is 762 g/mol. The third-order valence-corrected chi connectivity index (χ3v) is 8.31. The van der Waals surface area contributed by atoms with Gasteiger partial charge in [-0.2, -0.15) is 0 Å². The first-order valence-electron chi connectivity index (χ1n) is 15.9. The molecule has 0 spiro atoms. The van der Waals surface area contributed by atoms with Crippen molar-refractivity contribution in [2.45, 2.75) is 38.8 Å². The summed E-state index contributed by atoms with van der Waals surface area (Å²) in [6.45, 7) is 7.98. The standard InChI is InChI=1S/C31H50N4O11.Gd/c1-3-26(30(40)41)34-13-9-32(22-28(36)37)11-15-35(16-12-33(10-14-34)23-29(38)39)27(31(42)43)21-24-5-7-25(8-6-24)46-20-19-45-18-17-44-4-2;/h5-8,26-27H,3-4,9-23H2,1-2H3,(H,36,37)(H,38,39)(H,40,41)(H,42,43);/q;+1/p-1. The van der Waals surface area contributed by atoms with Gasteiger partial charge in [-0.3, -0.25) is 4.79 Å². The molecule has 0 radical (unpaired) electrons. The number of carboxylic acid groups (broad SMARTS) is 3. The summed E-state index contributed by atoms with van der Waals surface area (Å²) in [6.07, 6.45) is 0.652. The second-order valence-corrected chi connectivity index (χ2v) is 11.5. The van der Waals surface area contributed by atoms with Crippen molar-refractivity contribution in [1.29, 1.82) is 0 Å². The molecule has 2 rings (SSSR count). The summed E-state index contributed by atoms with van der Waals surface area (Å²) in [5.74, 6) is -2.81. The zero-order valence-electron chi connectivity index (χ0n) is 27.2. The monoisotopic (exact) mass is 811 g/mol. The number of carboxylic acids is 3. The Balaban J connectivity index is 2.22. The molecule has 1 saturated heterocycles. The van der Waals surface area contributed by atoms with Crippen LogP contribution in [0.4, 0.5) is 0 Å². The van der Waals surface area contributed by atoms with Crippen molar-refractivity contribution in [1.82, 2.24) is 19.6 Å². The molecule has 1 aromatic rings. The summed E-state index contributed by atoms with van der Waals surface area (Å²) in [5.41, 5.74) is 0.856. The average Bonchev–Trinajstić information content (AvgIpc) is 3.03. The van der Waals surface area contributed by atoms with Crippen molar-refractivity contribution >= 4 is 23.9 Å². The van der Waals surface area contributed by atoms with Crippen LogP contribution in [0.1, 0.15) is 25.8 Å². The fraction of sp³-hybridized carbons (Fsp3) is 0.677. The Kier molecular flexibility index (Phi) is 20.5. The molecule has 1 heterocycles. The summed E-state index contributed by atoms with van der Waals surface area (Å²) >= 11 is 1.09. The molecule has 0 aliphatic carbocycles. The van der Waals surface area contributed by atoms with Gasteiger partial charge in [-0.15, -0.1) is 0 Å². The maximum atomic E-state index is 13.2. The van der Waals surface area contributed by atoms with Crippen molar-refractivity contribution in [2.75, 3.05) is 98.5 Å². The molecule has 16 heteroatoms. The third-order valence-electron chi connectivity index (χ3n) is 7.85. The molecule has 1 aliphatic rings. The molecule has 267 valence electrons. The van der Waals surface area contributed by atoms with E-state index in [2.05, 4.69) is 0 Å². The van der Waals surface area contributed by atoms with Gasteiger partial charge in [0.1, 0.15) is 0 Å². The third kappa shape index (κ3) is 16.3. The topological polar surface area (TPSA) is 179 Å². The summed E-state index contributed by atoms with van der Waals surface area (Å²) in [5, 5.41) is 29.0. The Labute approximate surface area is 303 Å². The Morgan fingerprint density at radius 3 is 1.66 bits per heavy atom. The normalized spacial score (nSPS) is 17.6. The van der Waals surface area contributed by atoms with Crippen LogP contribution >= 0.6 is 0 Å². The Bertz CT molecular complexity index is 1070. The van der Waals surface area contributed by atoms with Gasteiger partial charge in [0.15, 0.2) is 0 Å². The van der Waals surface area contributed by atoms with E-state index >= 15 is 0 Å². The van der Waals surface area contributed by atoms with E-state index in [9.17, 15) is 34.5 Å². The van der Waals surface area contributed by atoms with Crippen LogP contribution in [-0.2, 0) is 36.2 Å². The average molecular weight is 811 g/mol. The summed E-state index contributed by atoms with van der Waals surface area (Å²) in [7, 11) is 0. The van der Waals surface area contributed by atoms with E-state index in [1.807, 2.05) is 36.1 Å². The number of hydrogen-bond acceptors (Lipinski definition) is 12. The van der Waals surface area contributed by atoms with Crippen LogP contribution in [-0.4, -0.2) is 169 Å². The Morgan fingerprint density at radius 1 is 0.723 bits per heavy atom. The number of hydrogen-bond donors (Lipinski definition) is 3. The number of nitrogens with zero attached hydrogens (tertiary/aromatic N) is 4. The molecule has 0 saturated carbocycles. The van der Waals surface area contributed by atoms with Gasteiger partial charge in [0.25, 0.3) is 0 Å². The number of carbonyl (C=O) groups is 4. The van der Waals surface area contributed by atoms with Crippen LogP contribution in [0.15, 0.2) is 24.3 Å². The van der Waals surface area contributed by atoms with Gasteiger partial charge in [-0.25, -0.2) is 0 Å². The molecule has 2 unspecified atom stereocenters. The molecule has 1 fully saturated rings. The molecule has 3 N–H and O–H groups in total. The summed E-state index contributed by atoms with van der Waals surface area (Å²) < 4.78 is 21.7. The number of benzene rings is 1. The number of ether oxygens (including phenoxy) is 3. The van der Waals surface area contributed by atoms with E-state index in [1.165, 1.54) is 0 Å². The van der Waals surface area contributed by atoms with Gasteiger partial charge in [-0.05, 0) is 6.92 Å². The van der Waals surface area contributed by atoms with Crippen LogP contribution in [0.25, 0.3) is 0 Å². The molecule has 0 aromatic heterocycles. The van der Waals surface area contributed by atoms with Crippen LogP contribution in [0.3, 0.4) is 0 Å². The van der Waals surface area contributed by atoms with Gasteiger partial charge >= 0.3 is 256 Å². The van der Waals surface area contributed by atoms with Crippen LogP contribution in [0, 0.1) is 38.5 Å². The van der Waals surface area contributed by atoms with Crippen LogP contribution < -0.4 is 4.74 Å². The number of aliphatic carboxylic acids is 3. The van der Waals surface area contributed by atoms with Crippen molar-refractivity contribution in [3.05, 3.63) is 29.8 Å². The van der Waals surface area contributed by atoms with E-state index in [0.29, 0.717) is 64.7 Å². The Hall–Kier alpha value is -2.02. The summed E-state index contributed by atoms with van der Waals surface area (Å²) in [4.78, 5) is 55.7. The molecule has 0 bridgehead atoms. The van der Waals surface area contributed by atoms with Gasteiger partial charge in [-0.1, -0.05) is 6.92 Å². The van der Waals surface area contributed by atoms with Gasteiger partial charge < -0.3 is 9.84 Å². The molecule has 0 amide bonds. The molecule has 1 aromatic carbocycles. The van der Waals surface area contributed by atoms with E-state index in [0.717, 1.165) is 44.1 Å². The molecule has 15 nitrogen and oxygen atoms in total. The van der Waals surface area contributed by atoms with Gasteiger partial charge in [0, 0.05) is 6.61 Å². The summed E-state index contributed by atoms with van der Waals surface area (Å²) in [6, 6.07) is 5.87. The van der Waals surface area contributed by atoms with Crippen LogP contribution in [0.2, 0.25) is 0 Å². The van der Waals surface area contributed by atoms with E-state index in [1.54, 1.807) is 21.6 Å². The minimum atomic E-state index is -1.02. The first kappa shape index (κ1) is 41.2. The van der Waals surface area contributed by atoms with Crippen molar-refractivity contribution in [3.63, 3.8) is 0 Å². The second-order valence-electron chi connectivity index (χ2n) is 11.1. The SMILES string of the molecule is CCOCCOCCOc1ccc(CC(C(=O)[O][Gd])N2CCN(CC(=O)O)CCN(C(CC)C(=O)O)CCN(CC(=O)O)CC2)cc1. The molecule has 1 aliphatic heterocycles. The molecular formula is C31H49GdN4O11. The predicted molar refractivity (Wildman–Crippen MR) is 166 cm³/mol. The van der Waals surface area contributed by atoms with Crippen LogP contribution in [0.5, 0.6) is 5.75 Å². The van der Waals surface area contributed by atoms with Crippen molar-refractivity contribution in [3.8, 4) is 5.75 Å². The zero-order valence-corrected chi connectivity index (χ0v) is 29.5. The minimum absolute atomic E-state index is 0.250. The molecule has 47 heavy (non-hydrogen) atoms. The first-order valence-corrected chi connectivity index (χ1v) is 16.8. The number of rotatable bonds is 19. The van der Waals surface area contributed by atoms with Crippen molar-refractivity contribution in [2.24, 2.45) is 0 Å². The fourth-order valence-corrected chi connectivity index (χ4v) is 5.68. The molecule has 2 atom stereocenters. The van der Waals surface area contributed by atoms with Gasteiger partial charge in [0.2, 0.25) is 0 Å². The second kappa shape index (κ2) is 23.4.